The molecule has 0 aliphatic carbocycles. The summed E-state index contributed by atoms with van der Waals surface area (Å²) in [5.41, 5.74) is 2.16. The van der Waals surface area contributed by atoms with E-state index >= 15 is 0 Å². The second kappa shape index (κ2) is 18.2. The van der Waals surface area contributed by atoms with Crippen LogP contribution >= 0.6 is 0 Å². The molecule has 0 bridgehead atoms. The Labute approximate surface area is 107 Å². The average Bonchev–Trinajstić information content (AvgIpc) is 2.37. The Hall–Kier alpha value is -0.160. The van der Waals surface area contributed by atoms with Gasteiger partial charge in [-0.25, -0.2) is 5.48 Å². The Morgan fingerprint density at radius 3 is 1.82 bits per heavy atom. The molecular weight excluding hydrogens is 216 g/mol. The molecule has 4 heteroatoms. The van der Waals surface area contributed by atoms with Crippen LogP contribution in [0.3, 0.4) is 0 Å². The zero-order chi connectivity index (χ0) is 13.4. The molecule has 0 rings (SSSR count). The van der Waals surface area contributed by atoms with E-state index in [1.807, 2.05) is 5.06 Å². The summed E-state index contributed by atoms with van der Waals surface area (Å²) in [6.07, 6.45) is 7.66. The molecule has 0 fully saturated rings. The van der Waals surface area contributed by atoms with Gasteiger partial charge in [0.15, 0.2) is 0 Å². The van der Waals surface area contributed by atoms with Gasteiger partial charge < -0.3 is 10.0 Å². The molecule has 0 saturated carbocycles. The van der Waals surface area contributed by atoms with Crippen molar-refractivity contribution in [2.75, 3.05) is 26.7 Å². The monoisotopic (exact) mass is 248 g/mol. The number of nitrogens with zero attached hydrogens (tertiary/aromatic N) is 1. The van der Waals surface area contributed by atoms with Gasteiger partial charge in [0.25, 0.3) is 0 Å². The molecule has 2 N–H and O–H groups in total. The largest absolute Gasteiger partial charge is 0.317 e. The fourth-order valence-corrected chi connectivity index (χ4v) is 1.47. The third-order valence-electron chi connectivity index (χ3n) is 2.61. The van der Waals surface area contributed by atoms with Crippen molar-refractivity contribution in [3.63, 3.8) is 0 Å². The first-order chi connectivity index (χ1) is 8.26. The molecule has 0 aliphatic heterocycles. The first-order valence-electron chi connectivity index (χ1n) is 6.92. The average molecular weight is 248 g/mol. The van der Waals surface area contributed by atoms with E-state index in [1.165, 1.54) is 32.1 Å². The van der Waals surface area contributed by atoms with Gasteiger partial charge >= 0.3 is 0 Å². The van der Waals surface area contributed by atoms with Gasteiger partial charge in [0.05, 0.1) is 7.11 Å². The minimum atomic E-state index is 0.742. The lowest BCUT2D eigenvalue weighted by atomic mass is 10.1. The van der Waals surface area contributed by atoms with Crippen LogP contribution in [-0.4, -0.2) is 37.0 Å². The summed E-state index contributed by atoms with van der Waals surface area (Å²) >= 11 is 0. The minimum Gasteiger partial charge on any atom is -0.317 e. The molecule has 0 saturated heterocycles. The minimum absolute atomic E-state index is 0.742. The Morgan fingerprint density at radius 2 is 1.47 bits per heavy atom. The Balaban J connectivity index is 0. The van der Waals surface area contributed by atoms with Gasteiger partial charge in [-0.15, -0.1) is 0 Å². The summed E-state index contributed by atoms with van der Waals surface area (Å²) < 4.78 is 0. The van der Waals surface area contributed by atoms with Crippen molar-refractivity contribution in [3.8, 4) is 0 Å². The molecule has 0 heterocycles. The number of rotatable bonds is 10. The van der Waals surface area contributed by atoms with Gasteiger partial charge in [0.1, 0.15) is 0 Å². The van der Waals surface area contributed by atoms with Crippen LogP contribution in [0.5, 0.6) is 0 Å². The maximum atomic E-state index is 8.22. The molecule has 0 radical (unpaired) electrons. The maximum Gasteiger partial charge on any atom is 0.0575 e. The van der Waals surface area contributed by atoms with E-state index in [2.05, 4.69) is 26.3 Å². The number of hydrogen-bond acceptors (Lipinski definition) is 4. The maximum absolute atomic E-state index is 8.22. The number of nitrogens with one attached hydrogen (secondary N) is 1. The van der Waals surface area contributed by atoms with Crippen molar-refractivity contribution in [2.24, 2.45) is 0 Å². The quantitative estimate of drug-likeness (QED) is 0.460. The standard InChI is InChI=1S/C8H19NO.C5H13NO/c1-2-3-4-5-6-7-8-9-10;1-4-6(5-2)7-3/h9-10H,2-8H2,1H3;4-5H2,1-3H3. The summed E-state index contributed by atoms with van der Waals surface area (Å²) in [7, 11) is 1.69. The van der Waals surface area contributed by atoms with Crippen molar-refractivity contribution in [2.45, 2.75) is 59.3 Å². The lowest BCUT2D eigenvalue weighted by molar-refractivity contribution is -0.123. The van der Waals surface area contributed by atoms with Crippen LogP contribution in [0, 0.1) is 0 Å². The lowest BCUT2D eigenvalue weighted by Crippen LogP contribution is -2.20. The summed E-state index contributed by atoms with van der Waals surface area (Å²) in [6.45, 7) is 9.02. The SMILES string of the molecule is CCCCCCCCNO.CCN(CC)OC. The molecule has 0 aromatic carbocycles. The van der Waals surface area contributed by atoms with E-state index in [1.54, 1.807) is 7.11 Å². The Bertz CT molecular complexity index is 106. The topological polar surface area (TPSA) is 44.7 Å². The molecular formula is C13H32N2O2. The van der Waals surface area contributed by atoms with E-state index in [0.717, 1.165) is 26.1 Å². The molecule has 0 aliphatic rings. The first-order valence-corrected chi connectivity index (χ1v) is 6.92. The van der Waals surface area contributed by atoms with Crippen LogP contribution in [0.4, 0.5) is 0 Å². The third kappa shape index (κ3) is 18.4. The van der Waals surface area contributed by atoms with Gasteiger partial charge in [-0.2, -0.15) is 5.06 Å². The summed E-state index contributed by atoms with van der Waals surface area (Å²) in [4.78, 5) is 4.88. The predicted octanol–water partition coefficient (Wildman–Crippen LogP) is 3.22. The lowest BCUT2D eigenvalue weighted by Gasteiger charge is -2.12. The van der Waals surface area contributed by atoms with Crippen molar-refractivity contribution in [3.05, 3.63) is 0 Å². The Kier molecular flexibility index (Phi) is 20.6. The number of hydrogen-bond donors (Lipinski definition) is 2. The van der Waals surface area contributed by atoms with Crippen molar-refractivity contribution >= 4 is 0 Å². The van der Waals surface area contributed by atoms with Gasteiger partial charge in [0.2, 0.25) is 0 Å². The van der Waals surface area contributed by atoms with E-state index in [-0.39, 0.29) is 0 Å². The smallest absolute Gasteiger partial charge is 0.0575 e. The highest BCUT2D eigenvalue weighted by Gasteiger charge is 1.90. The summed E-state index contributed by atoms with van der Waals surface area (Å²) in [5, 5.41) is 10.1. The highest BCUT2D eigenvalue weighted by Crippen LogP contribution is 2.03. The molecule has 0 aromatic heterocycles. The van der Waals surface area contributed by atoms with Crippen LogP contribution in [0.1, 0.15) is 59.3 Å². The van der Waals surface area contributed by atoms with Crippen LogP contribution in [0.25, 0.3) is 0 Å². The van der Waals surface area contributed by atoms with E-state index < -0.39 is 0 Å². The van der Waals surface area contributed by atoms with Crippen molar-refractivity contribution in [1.82, 2.24) is 10.5 Å². The summed E-state index contributed by atoms with van der Waals surface area (Å²) in [6, 6.07) is 0. The predicted molar refractivity (Wildman–Crippen MR) is 73.1 cm³/mol. The van der Waals surface area contributed by atoms with Crippen LogP contribution in [0.15, 0.2) is 0 Å². The number of hydroxylamine groups is 3. The molecule has 0 amide bonds. The van der Waals surface area contributed by atoms with E-state index in [9.17, 15) is 0 Å². The molecule has 0 spiro atoms. The van der Waals surface area contributed by atoms with Crippen LogP contribution < -0.4 is 5.48 Å². The van der Waals surface area contributed by atoms with Crippen LogP contribution in [-0.2, 0) is 4.84 Å². The third-order valence-corrected chi connectivity index (χ3v) is 2.61. The molecule has 0 unspecified atom stereocenters. The molecule has 0 aromatic rings. The highest BCUT2D eigenvalue weighted by atomic mass is 16.7. The van der Waals surface area contributed by atoms with Gasteiger partial charge in [-0.05, 0) is 6.42 Å². The molecule has 17 heavy (non-hydrogen) atoms. The fourth-order valence-electron chi connectivity index (χ4n) is 1.47. The van der Waals surface area contributed by atoms with Gasteiger partial charge in [0, 0.05) is 19.6 Å². The zero-order valence-electron chi connectivity index (χ0n) is 12.2. The summed E-state index contributed by atoms with van der Waals surface area (Å²) in [5.74, 6) is 0. The van der Waals surface area contributed by atoms with E-state index in [0.29, 0.717) is 0 Å². The fraction of sp³-hybridized carbons (Fsp3) is 1.00. The van der Waals surface area contributed by atoms with Gasteiger partial charge in [-0.3, -0.25) is 0 Å². The Morgan fingerprint density at radius 1 is 0.941 bits per heavy atom. The zero-order valence-corrected chi connectivity index (χ0v) is 12.2. The normalized spacial score (nSPS) is 10.2. The van der Waals surface area contributed by atoms with Crippen molar-refractivity contribution in [1.29, 1.82) is 0 Å². The highest BCUT2D eigenvalue weighted by molar-refractivity contribution is 4.43. The van der Waals surface area contributed by atoms with Crippen molar-refractivity contribution < 1.29 is 10.0 Å². The number of unbranched alkanes of at least 4 members (excludes halogenated alkanes) is 5. The molecule has 106 valence electrons. The second-order valence-electron chi connectivity index (χ2n) is 3.97. The molecule has 0 atom stereocenters. The second-order valence-corrected chi connectivity index (χ2v) is 3.97. The van der Waals surface area contributed by atoms with Gasteiger partial charge in [-0.1, -0.05) is 52.9 Å². The van der Waals surface area contributed by atoms with E-state index in [4.69, 9.17) is 10.0 Å². The van der Waals surface area contributed by atoms with Crippen LogP contribution in [0.2, 0.25) is 0 Å². The first kappa shape index (κ1) is 19.2. The molecule has 4 nitrogen and oxygen atoms in total.